The van der Waals surface area contributed by atoms with Crippen LogP contribution in [0.25, 0.3) is 0 Å². The molecule has 0 radical (unpaired) electrons. The molecule has 0 aliphatic heterocycles. The van der Waals surface area contributed by atoms with Crippen molar-refractivity contribution in [1.29, 1.82) is 0 Å². The van der Waals surface area contributed by atoms with Crippen molar-refractivity contribution in [2.75, 3.05) is 13.2 Å². The van der Waals surface area contributed by atoms with Crippen LogP contribution in [0, 0.1) is 0 Å². The maximum absolute atomic E-state index is 12.9. The van der Waals surface area contributed by atoms with E-state index in [4.69, 9.17) is 14.2 Å². The van der Waals surface area contributed by atoms with Crippen molar-refractivity contribution in [3.63, 3.8) is 0 Å². The Kier molecular flexibility index (Phi) is 66.3. The van der Waals surface area contributed by atoms with Gasteiger partial charge in [0.2, 0.25) is 0 Å². The molecule has 0 aromatic heterocycles. The third-order valence-corrected chi connectivity index (χ3v) is 14.6. The molecule has 0 N–H and O–H groups in total. The highest BCUT2D eigenvalue weighted by molar-refractivity contribution is 5.71. The summed E-state index contributed by atoms with van der Waals surface area (Å²) in [4.78, 5) is 38.3. The molecule has 0 aromatic rings. The molecule has 83 heavy (non-hydrogen) atoms. The van der Waals surface area contributed by atoms with Gasteiger partial charge in [-0.1, -0.05) is 309 Å². The van der Waals surface area contributed by atoms with Gasteiger partial charge in [0.15, 0.2) is 6.10 Å². The lowest BCUT2D eigenvalue weighted by molar-refractivity contribution is -0.167. The summed E-state index contributed by atoms with van der Waals surface area (Å²) in [5.74, 6) is -1.04. The van der Waals surface area contributed by atoms with Crippen LogP contribution in [0.5, 0.6) is 0 Å². The topological polar surface area (TPSA) is 78.9 Å². The Labute approximate surface area is 513 Å². The number of allylic oxidation sites excluding steroid dienone is 22. The van der Waals surface area contributed by atoms with E-state index in [2.05, 4.69) is 154 Å². The van der Waals surface area contributed by atoms with Crippen LogP contribution < -0.4 is 0 Å². The molecule has 0 aliphatic rings. The highest BCUT2D eigenvalue weighted by Gasteiger charge is 2.19. The van der Waals surface area contributed by atoms with E-state index in [1.54, 1.807) is 0 Å². The first kappa shape index (κ1) is 78.5. The summed E-state index contributed by atoms with van der Waals surface area (Å²) in [5.41, 5.74) is 0. The third kappa shape index (κ3) is 68.2. The van der Waals surface area contributed by atoms with Gasteiger partial charge in [-0.15, -0.1) is 0 Å². The summed E-state index contributed by atoms with van der Waals surface area (Å²) in [6, 6.07) is 0. The quantitative estimate of drug-likeness (QED) is 0.0261. The van der Waals surface area contributed by atoms with Gasteiger partial charge in [-0.3, -0.25) is 14.4 Å². The summed E-state index contributed by atoms with van der Waals surface area (Å²) in [6.45, 7) is 6.34. The fourth-order valence-corrected chi connectivity index (χ4v) is 9.51. The zero-order chi connectivity index (χ0) is 59.9. The van der Waals surface area contributed by atoms with Crippen LogP contribution in [-0.4, -0.2) is 37.2 Å². The summed E-state index contributed by atoms with van der Waals surface area (Å²) in [7, 11) is 0. The van der Waals surface area contributed by atoms with Gasteiger partial charge in [0.05, 0.1) is 0 Å². The van der Waals surface area contributed by atoms with Gasteiger partial charge in [0.1, 0.15) is 13.2 Å². The zero-order valence-corrected chi connectivity index (χ0v) is 54.2. The van der Waals surface area contributed by atoms with Crippen molar-refractivity contribution in [1.82, 2.24) is 0 Å². The van der Waals surface area contributed by atoms with Gasteiger partial charge in [-0.05, 0) is 122 Å². The van der Waals surface area contributed by atoms with E-state index in [0.717, 1.165) is 96.3 Å². The van der Waals surface area contributed by atoms with E-state index in [-0.39, 0.29) is 44.0 Å². The van der Waals surface area contributed by atoms with Crippen LogP contribution in [0.2, 0.25) is 0 Å². The zero-order valence-electron chi connectivity index (χ0n) is 54.2. The van der Waals surface area contributed by atoms with Crippen molar-refractivity contribution < 1.29 is 28.6 Å². The monoisotopic (exact) mass is 1150 g/mol. The summed E-state index contributed by atoms with van der Waals surface area (Å²) < 4.78 is 16.8. The Morgan fingerprint density at radius 3 is 0.795 bits per heavy atom. The minimum Gasteiger partial charge on any atom is -0.462 e. The molecule has 0 bridgehead atoms. The average molecular weight is 1150 g/mol. The van der Waals surface area contributed by atoms with E-state index in [1.165, 1.54) is 167 Å². The van der Waals surface area contributed by atoms with Crippen LogP contribution in [0.15, 0.2) is 134 Å². The Morgan fingerprint density at radius 1 is 0.253 bits per heavy atom. The molecule has 0 fully saturated rings. The predicted octanol–water partition coefficient (Wildman–Crippen LogP) is 24.1. The molecular formula is C77H128O6. The van der Waals surface area contributed by atoms with E-state index in [9.17, 15) is 14.4 Å². The van der Waals surface area contributed by atoms with Gasteiger partial charge in [0.25, 0.3) is 0 Å². The number of rotatable bonds is 62. The van der Waals surface area contributed by atoms with Crippen LogP contribution in [0.3, 0.4) is 0 Å². The van der Waals surface area contributed by atoms with Crippen molar-refractivity contribution in [3.05, 3.63) is 134 Å². The molecule has 0 aromatic carbocycles. The SMILES string of the molecule is CC/C=C\C/C=C\C/C=C\C/C=C\C/C=C\CCCC(=O)OCC(COC(=O)CCCCCCCCCCCCCCCCCCCCC/C=C\CCCCCCCCCC)OC(=O)CCC/C=C\C/C=C\C/C=C\C/C=C\C/C=C\CC. The lowest BCUT2D eigenvalue weighted by Gasteiger charge is -2.18. The van der Waals surface area contributed by atoms with Crippen molar-refractivity contribution in [2.24, 2.45) is 0 Å². The van der Waals surface area contributed by atoms with Crippen LogP contribution in [-0.2, 0) is 28.6 Å². The molecule has 472 valence electrons. The minimum atomic E-state index is -0.836. The number of ether oxygens (including phenoxy) is 3. The highest BCUT2D eigenvalue weighted by Crippen LogP contribution is 2.17. The van der Waals surface area contributed by atoms with E-state index in [0.29, 0.717) is 19.3 Å². The average Bonchev–Trinajstić information content (AvgIpc) is 3.50. The van der Waals surface area contributed by atoms with E-state index < -0.39 is 6.10 Å². The van der Waals surface area contributed by atoms with Crippen molar-refractivity contribution in [3.8, 4) is 0 Å². The summed E-state index contributed by atoms with van der Waals surface area (Å²) in [5, 5.41) is 0. The molecule has 1 atom stereocenters. The molecule has 0 aliphatic carbocycles. The first-order valence-electron chi connectivity index (χ1n) is 34.7. The summed E-state index contributed by atoms with van der Waals surface area (Å²) in [6.07, 6.45) is 99.4. The van der Waals surface area contributed by atoms with Gasteiger partial charge >= 0.3 is 17.9 Å². The van der Waals surface area contributed by atoms with Gasteiger partial charge < -0.3 is 14.2 Å². The number of unbranched alkanes of at least 4 members (excludes halogenated alkanes) is 29. The number of hydrogen-bond donors (Lipinski definition) is 0. The maximum Gasteiger partial charge on any atom is 0.306 e. The predicted molar refractivity (Wildman–Crippen MR) is 362 cm³/mol. The molecule has 0 saturated heterocycles. The second-order valence-electron chi connectivity index (χ2n) is 22.7. The van der Waals surface area contributed by atoms with E-state index >= 15 is 0 Å². The van der Waals surface area contributed by atoms with Crippen LogP contribution in [0.4, 0.5) is 0 Å². The molecule has 0 spiro atoms. The second-order valence-corrected chi connectivity index (χ2v) is 22.7. The van der Waals surface area contributed by atoms with E-state index in [1.807, 2.05) is 0 Å². The number of esters is 3. The lowest BCUT2D eigenvalue weighted by atomic mass is 10.0. The molecule has 6 nitrogen and oxygen atoms in total. The molecule has 1 unspecified atom stereocenters. The third-order valence-electron chi connectivity index (χ3n) is 14.6. The number of carbonyl (C=O) groups excluding carboxylic acids is 3. The first-order valence-corrected chi connectivity index (χ1v) is 34.7. The van der Waals surface area contributed by atoms with Crippen molar-refractivity contribution >= 4 is 17.9 Å². The highest BCUT2D eigenvalue weighted by atomic mass is 16.6. The first-order chi connectivity index (χ1) is 41.0. The smallest absolute Gasteiger partial charge is 0.306 e. The standard InChI is InChI=1S/C77H128O6/c1-4-7-10-13-16-19-22-25-28-31-32-33-34-35-36-37-38-39-40-41-42-43-44-47-49-52-55-58-61-64-67-70-76(79)82-73-74(83-77(80)71-68-65-62-59-56-53-50-46-30-27-24-21-18-15-12-9-6-3)72-81-75(78)69-66-63-60-57-54-51-48-45-29-26-23-20-17-14-11-8-5-2/h8-9,11-12,17-18,20-21,26-27,29-32,48,50-51,53,57,59-60,62,74H,4-7,10,13-16,19,22-25,28,33-47,49,52,54-56,58,61,63-73H2,1-3H3/b11-8-,12-9-,20-17-,21-18-,29-26-,30-27-,32-31-,51-48-,53-50-,60-57-,62-59-. The minimum absolute atomic E-state index is 0.120. The summed E-state index contributed by atoms with van der Waals surface area (Å²) >= 11 is 0. The lowest BCUT2D eigenvalue weighted by Crippen LogP contribution is -2.30. The largest absolute Gasteiger partial charge is 0.462 e. The normalized spacial score (nSPS) is 13.0. The molecule has 0 heterocycles. The fraction of sp³-hybridized carbons (Fsp3) is 0.675. The van der Waals surface area contributed by atoms with Crippen LogP contribution >= 0.6 is 0 Å². The number of hydrogen-bond acceptors (Lipinski definition) is 6. The molecular weight excluding hydrogens is 1020 g/mol. The molecule has 0 saturated carbocycles. The van der Waals surface area contributed by atoms with Crippen LogP contribution in [0.1, 0.15) is 316 Å². The fourth-order valence-electron chi connectivity index (χ4n) is 9.51. The van der Waals surface area contributed by atoms with Gasteiger partial charge in [-0.2, -0.15) is 0 Å². The Morgan fingerprint density at radius 2 is 0.482 bits per heavy atom. The van der Waals surface area contributed by atoms with Crippen molar-refractivity contribution in [2.45, 2.75) is 322 Å². The Hall–Kier alpha value is -4.45. The Balaban J connectivity index is 4.34. The number of carbonyl (C=O) groups is 3. The van der Waals surface area contributed by atoms with Gasteiger partial charge in [0, 0.05) is 19.3 Å². The molecule has 6 heteroatoms. The molecule has 0 amide bonds. The molecule has 0 rings (SSSR count). The van der Waals surface area contributed by atoms with Gasteiger partial charge in [-0.25, -0.2) is 0 Å². The second kappa shape index (κ2) is 70.0. The maximum atomic E-state index is 12.9. The Bertz CT molecular complexity index is 1750.